The van der Waals surface area contributed by atoms with E-state index in [1.54, 1.807) is 0 Å². The Morgan fingerprint density at radius 2 is 1.81 bits per heavy atom. The zero-order chi connectivity index (χ0) is 23.8. The molecule has 182 valence electrons. The van der Waals surface area contributed by atoms with E-state index in [1.807, 2.05) is 19.9 Å². The molecule has 4 N–H and O–H groups in total. The molecule has 0 aromatic heterocycles. The summed E-state index contributed by atoms with van der Waals surface area (Å²) in [6.07, 6.45) is 9.74. The normalized spacial score (nSPS) is 40.5. The molecule has 3 fully saturated rings. The van der Waals surface area contributed by atoms with Crippen LogP contribution in [0.1, 0.15) is 86.0 Å². The van der Waals surface area contributed by atoms with Crippen molar-refractivity contribution in [1.29, 1.82) is 0 Å². The molecule has 0 aliphatic heterocycles. The van der Waals surface area contributed by atoms with Crippen molar-refractivity contribution in [1.82, 2.24) is 0 Å². The van der Waals surface area contributed by atoms with Crippen molar-refractivity contribution in [2.75, 3.05) is 0 Å². The zero-order valence-corrected chi connectivity index (χ0v) is 20.8. The van der Waals surface area contributed by atoms with Gasteiger partial charge in [-0.05, 0) is 86.7 Å². The largest absolute Gasteiger partial charge is 0.393 e. The predicted octanol–water partition coefficient (Wildman–Crippen LogP) is 4.92. The summed E-state index contributed by atoms with van der Waals surface area (Å²) in [6.45, 7) is 14.7. The van der Waals surface area contributed by atoms with Gasteiger partial charge >= 0.3 is 0 Å². The molecule has 3 aliphatic rings. The van der Waals surface area contributed by atoms with Crippen molar-refractivity contribution >= 4 is 0 Å². The highest BCUT2D eigenvalue weighted by molar-refractivity contribution is 5.39. The number of fused-ring (bicyclic) bond motifs is 1. The fourth-order valence-electron chi connectivity index (χ4n) is 6.78. The van der Waals surface area contributed by atoms with Gasteiger partial charge in [0.05, 0.1) is 23.9 Å². The Labute approximate surface area is 195 Å². The average Bonchev–Trinajstić information content (AvgIpc) is 2.98. The number of aliphatic hydroxyl groups excluding tert-OH is 3. The minimum Gasteiger partial charge on any atom is -0.393 e. The molecule has 32 heavy (non-hydrogen) atoms. The Kier molecular flexibility index (Phi) is 7.81. The van der Waals surface area contributed by atoms with Gasteiger partial charge in [-0.15, -0.1) is 0 Å². The first-order chi connectivity index (χ1) is 14.8. The van der Waals surface area contributed by atoms with Crippen LogP contribution in [0.15, 0.2) is 35.5 Å². The Balaban J connectivity index is 1.77. The summed E-state index contributed by atoms with van der Waals surface area (Å²) in [6, 6.07) is 0. The van der Waals surface area contributed by atoms with E-state index in [0.29, 0.717) is 30.3 Å². The van der Waals surface area contributed by atoms with Gasteiger partial charge < -0.3 is 20.4 Å². The fraction of sp³-hybridized carbons (Fsp3) is 0.786. The van der Waals surface area contributed by atoms with Crippen molar-refractivity contribution in [2.45, 2.75) is 110 Å². The van der Waals surface area contributed by atoms with E-state index in [9.17, 15) is 20.4 Å². The van der Waals surface area contributed by atoms with E-state index in [0.717, 1.165) is 44.1 Å². The molecule has 3 aliphatic carbocycles. The first-order valence-electron chi connectivity index (χ1n) is 12.7. The van der Waals surface area contributed by atoms with Crippen LogP contribution >= 0.6 is 0 Å². The van der Waals surface area contributed by atoms with Crippen molar-refractivity contribution in [3.8, 4) is 0 Å². The molecule has 0 amide bonds. The highest BCUT2D eigenvalue weighted by atomic mass is 16.3. The van der Waals surface area contributed by atoms with Crippen molar-refractivity contribution in [3.05, 3.63) is 35.5 Å². The lowest BCUT2D eigenvalue weighted by molar-refractivity contribution is 0.0147. The molecule has 4 nitrogen and oxygen atoms in total. The Bertz CT molecular complexity index is 745. The molecule has 4 heteroatoms. The van der Waals surface area contributed by atoms with E-state index in [4.69, 9.17) is 0 Å². The summed E-state index contributed by atoms with van der Waals surface area (Å²) in [5, 5.41) is 41.7. The second kappa shape index (κ2) is 9.74. The molecule has 0 aromatic rings. The summed E-state index contributed by atoms with van der Waals surface area (Å²) < 4.78 is 0. The summed E-state index contributed by atoms with van der Waals surface area (Å²) in [5.41, 5.74) is 2.38. The van der Waals surface area contributed by atoms with Gasteiger partial charge in [0, 0.05) is 12.3 Å². The molecule has 0 bridgehead atoms. The van der Waals surface area contributed by atoms with Crippen LogP contribution in [-0.2, 0) is 0 Å². The maximum Gasteiger partial charge on any atom is 0.0811 e. The molecular weight excluding hydrogens is 400 g/mol. The Morgan fingerprint density at radius 1 is 1.12 bits per heavy atom. The molecular formula is C28H46O4. The number of hydrogen-bond acceptors (Lipinski definition) is 4. The van der Waals surface area contributed by atoms with Gasteiger partial charge in [0.1, 0.15) is 0 Å². The smallest absolute Gasteiger partial charge is 0.0811 e. The van der Waals surface area contributed by atoms with Gasteiger partial charge in [0.15, 0.2) is 0 Å². The molecule has 0 spiro atoms. The molecule has 0 heterocycles. The second-order valence-corrected chi connectivity index (χ2v) is 11.9. The molecule has 0 unspecified atom stereocenters. The fourth-order valence-corrected chi connectivity index (χ4v) is 6.78. The van der Waals surface area contributed by atoms with Crippen LogP contribution in [-0.4, -0.2) is 44.3 Å². The first-order valence-corrected chi connectivity index (χ1v) is 12.7. The Morgan fingerprint density at radius 3 is 2.47 bits per heavy atom. The van der Waals surface area contributed by atoms with Crippen LogP contribution in [0.2, 0.25) is 0 Å². The molecule has 0 saturated heterocycles. The summed E-state index contributed by atoms with van der Waals surface area (Å²) in [4.78, 5) is 0. The van der Waals surface area contributed by atoms with Crippen LogP contribution < -0.4 is 0 Å². The lowest BCUT2D eigenvalue weighted by Gasteiger charge is -2.44. The minimum absolute atomic E-state index is 0.0853. The summed E-state index contributed by atoms with van der Waals surface area (Å²) in [7, 11) is 0. The highest BCUT2D eigenvalue weighted by Gasteiger charge is 2.55. The quantitative estimate of drug-likeness (QED) is 0.467. The molecule has 0 radical (unpaired) electrons. The van der Waals surface area contributed by atoms with Crippen LogP contribution in [0.4, 0.5) is 0 Å². The average molecular weight is 447 g/mol. The van der Waals surface area contributed by atoms with E-state index in [1.165, 1.54) is 5.57 Å². The van der Waals surface area contributed by atoms with Crippen LogP contribution in [0.3, 0.4) is 0 Å². The Hall–Kier alpha value is -0.940. The first kappa shape index (κ1) is 25.7. The van der Waals surface area contributed by atoms with Crippen LogP contribution in [0, 0.1) is 29.1 Å². The van der Waals surface area contributed by atoms with E-state index in [2.05, 4.69) is 33.4 Å². The van der Waals surface area contributed by atoms with Crippen LogP contribution in [0.25, 0.3) is 0 Å². The molecule has 8 atom stereocenters. The highest BCUT2D eigenvalue weighted by Crippen LogP contribution is 2.60. The van der Waals surface area contributed by atoms with Gasteiger partial charge in [-0.25, -0.2) is 0 Å². The lowest BCUT2D eigenvalue weighted by Crippen LogP contribution is -2.38. The van der Waals surface area contributed by atoms with Gasteiger partial charge in [0.2, 0.25) is 0 Å². The van der Waals surface area contributed by atoms with Crippen molar-refractivity contribution < 1.29 is 20.4 Å². The third-order valence-corrected chi connectivity index (χ3v) is 9.23. The maximum atomic E-state index is 11.2. The van der Waals surface area contributed by atoms with Gasteiger partial charge in [-0.2, -0.15) is 0 Å². The molecule has 0 aromatic carbocycles. The van der Waals surface area contributed by atoms with Gasteiger partial charge in [0.25, 0.3) is 0 Å². The minimum atomic E-state index is -0.673. The van der Waals surface area contributed by atoms with Crippen molar-refractivity contribution in [2.24, 2.45) is 29.1 Å². The summed E-state index contributed by atoms with van der Waals surface area (Å²) in [5.74, 6) is 1.40. The number of aliphatic hydroxyl groups is 4. The monoisotopic (exact) mass is 446 g/mol. The van der Waals surface area contributed by atoms with E-state index >= 15 is 0 Å². The van der Waals surface area contributed by atoms with Crippen LogP contribution in [0.5, 0.6) is 0 Å². The number of hydrogen-bond donors (Lipinski definition) is 4. The third-order valence-electron chi connectivity index (χ3n) is 9.23. The topological polar surface area (TPSA) is 80.9 Å². The second-order valence-electron chi connectivity index (χ2n) is 11.9. The predicted molar refractivity (Wildman–Crippen MR) is 130 cm³/mol. The van der Waals surface area contributed by atoms with Gasteiger partial charge in [-0.3, -0.25) is 0 Å². The standard InChI is InChI=1S/C28H46O4/c1-17(9-10-18(2)27(4,5)32)23-16-25(31)26-20(8-7-13-28(23,26)6)11-12-21-14-22(29)15-24(30)19(21)3/h11-12,17-18,22-26,29-32H,3,7-10,13-16H2,1-2,4-6H3/b20-11+,21-12-/t17-,18+,22-,23-,24+,25+,26-,28-/m1/s1. The number of rotatable bonds is 6. The lowest BCUT2D eigenvalue weighted by atomic mass is 9.60. The van der Waals surface area contributed by atoms with E-state index in [-0.39, 0.29) is 23.4 Å². The maximum absolute atomic E-state index is 11.2. The SMILES string of the molecule is C=C1/C(=C\C=C2/CCC[C@]3(C)[C@@H]([C@H](C)CC[C@H](C)C(C)(C)O)C[C@H](O)[C@@H]23)C[C@@H](O)C[C@@H]1O. The van der Waals surface area contributed by atoms with Crippen molar-refractivity contribution in [3.63, 3.8) is 0 Å². The summed E-state index contributed by atoms with van der Waals surface area (Å²) >= 11 is 0. The zero-order valence-electron chi connectivity index (χ0n) is 20.8. The van der Waals surface area contributed by atoms with E-state index < -0.39 is 17.8 Å². The molecule has 3 rings (SSSR count). The molecule has 3 saturated carbocycles. The van der Waals surface area contributed by atoms with Gasteiger partial charge in [-0.1, -0.05) is 51.5 Å². The third kappa shape index (κ3) is 5.24. The number of allylic oxidation sites excluding steroid dienone is 2.